The van der Waals surface area contributed by atoms with Crippen molar-refractivity contribution in [2.24, 2.45) is 23.7 Å². The highest BCUT2D eigenvalue weighted by molar-refractivity contribution is 6.06. The molecule has 3 aliphatic carbocycles. The first-order valence-corrected chi connectivity index (χ1v) is 10.9. The van der Waals surface area contributed by atoms with Gasteiger partial charge in [-0.05, 0) is 30.2 Å². The third kappa shape index (κ3) is 3.31. The van der Waals surface area contributed by atoms with Gasteiger partial charge in [-0.3, -0.25) is 14.5 Å². The van der Waals surface area contributed by atoms with Crippen LogP contribution in [0.4, 0.5) is 4.79 Å². The summed E-state index contributed by atoms with van der Waals surface area (Å²) in [4.78, 5) is 42.8. The number of fused-ring (bicyclic) bond motifs is 1. The van der Waals surface area contributed by atoms with Gasteiger partial charge in [-0.1, -0.05) is 42.5 Å². The maximum atomic E-state index is 13.4. The monoisotopic (exact) mass is 409 g/mol. The van der Waals surface area contributed by atoms with Crippen molar-refractivity contribution in [3.63, 3.8) is 0 Å². The first-order chi connectivity index (χ1) is 14.6. The van der Waals surface area contributed by atoms with Crippen LogP contribution in [0.3, 0.4) is 0 Å². The van der Waals surface area contributed by atoms with E-state index >= 15 is 0 Å². The van der Waals surface area contributed by atoms with Crippen molar-refractivity contribution in [1.82, 2.24) is 15.1 Å². The molecule has 1 aromatic carbocycles. The van der Waals surface area contributed by atoms with Gasteiger partial charge in [0.15, 0.2) is 0 Å². The Morgan fingerprint density at radius 2 is 1.60 bits per heavy atom. The molecule has 158 valence electrons. The molecule has 3 fully saturated rings. The van der Waals surface area contributed by atoms with Crippen LogP contribution in [-0.2, 0) is 20.7 Å². The number of urea groups is 1. The average molecular weight is 409 g/mol. The van der Waals surface area contributed by atoms with Crippen molar-refractivity contribution < 1.29 is 19.1 Å². The smallest absolute Gasteiger partial charge is 0.319 e. The molecule has 6 rings (SSSR count). The third-order valence-electron chi connectivity index (χ3n) is 6.97. The van der Waals surface area contributed by atoms with E-state index in [1.807, 2.05) is 30.3 Å². The zero-order chi connectivity index (χ0) is 20.7. The van der Waals surface area contributed by atoms with Gasteiger partial charge in [-0.2, -0.15) is 0 Å². The van der Waals surface area contributed by atoms with Gasteiger partial charge < -0.3 is 15.0 Å². The molecule has 2 heterocycles. The number of imide groups is 1. The Morgan fingerprint density at radius 1 is 1.00 bits per heavy atom. The molecule has 1 saturated carbocycles. The zero-order valence-corrected chi connectivity index (χ0v) is 16.9. The number of carbonyl (C=O) groups excluding carboxylic acids is 3. The fraction of sp³-hybridized carbons (Fsp3) is 0.522. The van der Waals surface area contributed by atoms with Crippen LogP contribution >= 0.6 is 0 Å². The number of carbonyl (C=O) groups is 3. The Kier molecular flexibility index (Phi) is 5.06. The van der Waals surface area contributed by atoms with Gasteiger partial charge in [0.05, 0.1) is 25.0 Å². The Balaban J connectivity index is 1.41. The molecule has 2 bridgehead atoms. The molecule has 0 unspecified atom stereocenters. The molecule has 7 heteroatoms. The third-order valence-corrected chi connectivity index (χ3v) is 6.97. The second kappa shape index (κ2) is 7.87. The summed E-state index contributed by atoms with van der Waals surface area (Å²) < 4.78 is 5.33. The maximum absolute atomic E-state index is 13.4. The molecular formula is C23H27N3O4. The van der Waals surface area contributed by atoms with E-state index < -0.39 is 6.17 Å². The van der Waals surface area contributed by atoms with Gasteiger partial charge in [-0.15, -0.1) is 0 Å². The fourth-order valence-electron chi connectivity index (χ4n) is 5.45. The Labute approximate surface area is 176 Å². The van der Waals surface area contributed by atoms with Gasteiger partial charge in [0.25, 0.3) is 0 Å². The molecule has 0 spiro atoms. The van der Waals surface area contributed by atoms with Crippen molar-refractivity contribution in [3.8, 4) is 0 Å². The molecule has 2 aliphatic heterocycles. The highest BCUT2D eigenvalue weighted by atomic mass is 16.5. The number of allylic oxidation sites excluding steroid dienone is 2. The standard InChI is InChI=1S/C23H27N3O4/c27-21-19-16-6-7-17(9-8-16)20(19)22(28)26(21)18(14-15-4-2-1-3-5-15)24-23(29)25-10-12-30-13-11-25/h1-7,16-20H,8-14H2,(H,24,29)/t16-,17-,18-,19-,20+/m0/s1. The topological polar surface area (TPSA) is 79.0 Å². The van der Waals surface area contributed by atoms with Crippen LogP contribution in [0.2, 0.25) is 0 Å². The van der Waals surface area contributed by atoms with Crippen LogP contribution in [0.1, 0.15) is 18.4 Å². The van der Waals surface area contributed by atoms with Gasteiger partial charge in [-0.25, -0.2) is 4.79 Å². The van der Waals surface area contributed by atoms with Crippen LogP contribution < -0.4 is 5.32 Å². The predicted octanol–water partition coefficient (Wildman–Crippen LogP) is 1.79. The van der Waals surface area contributed by atoms with Crippen LogP contribution in [0.5, 0.6) is 0 Å². The van der Waals surface area contributed by atoms with Crippen molar-refractivity contribution in [3.05, 3.63) is 48.0 Å². The van der Waals surface area contributed by atoms with Gasteiger partial charge in [0.1, 0.15) is 6.17 Å². The number of ether oxygens (including phenoxy) is 1. The highest BCUT2D eigenvalue weighted by Crippen LogP contribution is 2.50. The second-order valence-electron chi connectivity index (χ2n) is 8.64. The summed E-state index contributed by atoms with van der Waals surface area (Å²) in [6.07, 6.45) is 5.85. The van der Waals surface area contributed by atoms with E-state index in [1.54, 1.807) is 4.90 Å². The number of morpholine rings is 1. The van der Waals surface area contributed by atoms with Crippen molar-refractivity contribution in [2.45, 2.75) is 25.4 Å². The predicted molar refractivity (Wildman–Crippen MR) is 109 cm³/mol. The Bertz CT molecular complexity index is 832. The van der Waals surface area contributed by atoms with Gasteiger partial charge in [0, 0.05) is 19.5 Å². The average Bonchev–Trinajstić information content (AvgIpc) is 3.08. The Morgan fingerprint density at radius 3 is 2.17 bits per heavy atom. The van der Waals surface area contributed by atoms with E-state index in [0.717, 1.165) is 18.4 Å². The minimum atomic E-state index is -0.687. The molecule has 5 aliphatic rings. The van der Waals surface area contributed by atoms with E-state index in [-0.39, 0.29) is 41.5 Å². The van der Waals surface area contributed by atoms with Crippen molar-refractivity contribution in [2.75, 3.05) is 26.3 Å². The summed E-state index contributed by atoms with van der Waals surface area (Å²) >= 11 is 0. The van der Waals surface area contributed by atoms with Gasteiger partial charge in [0.2, 0.25) is 11.8 Å². The first-order valence-electron chi connectivity index (χ1n) is 10.9. The molecule has 7 nitrogen and oxygen atoms in total. The van der Waals surface area contributed by atoms with Crippen LogP contribution in [0, 0.1) is 23.7 Å². The molecule has 1 aromatic rings. The summed E-state index contributed by atoms with van der Waals surface area (Å²) in [6.45, 7) is 2.01. The number of likely N-dealkylation sites (tertiary alicyclic amines) is 1. The van der Waals surface area contributed by atoms with Crippen molar-refractivity contribution >= 4 is 17.8 Å². The van der Waals surface area contributed by atoms with Crippen molar-refractivity contribution in [1.29, 1.82) is 0 Å². The maximum Gasteiger partial charge on any atom is 0.319 e. The quantitative estimate of drug-likeness (QED) is 0.608. The summed E-state index contributed by atoms with van der Waals surface area (Å²) in [7, 11) is 0. The lowest BCUT2D eigenvalue weighted by molar-refractivity contribution is -0.143. The number of rotatable bonds is 4. The lowest BCUT2D eigenvalue weighted by Gasteiger charge is -2.38. The summed E-state index contributed by atoms with van der Waals surface area (Å²) in [5, 5.41) is 2.99. The number of nitrogens with one attached hydrogen (secondary N) is 1. The SMILES string of the molecule is O=C(N[C@H](Cc1ccccc1)N1C(=O)[C@@H]2[C@H](C1=O)[C@H]1C=C[C@H]2CC1)N1CCOCC1. The van der Waals surface area contributed by atoms with E-state index in [4.69, 9.17) is 4.74 Å². The first kappa shape index (κ1) is 19.3. The number of amides is 4. The molecule has 0 aromatic heterocycles. The number of hydrogen-bond donors (Lipinski definition) is 1. The van der Waals surface area contributed by atoms with Gasteiger partial charge >= 0.3 is 6.03 Å². The second-order valence-corrected chi connectivity index (χ2v) is 8.64. The van der Waals surface area contributed by atoms with E-state index in [2.05, 4.69) is 17.5 Å². The molecule has 4 amide bonds. The molecule has 0 radical (unpaired) electrons. The zero-order valence-electron chi connectivity index (χ0n) is 16.9. The summed E-state index contributed by atoms with van der Waals surface area (Å²) in [6, 6.07) is 9.43. The minimum absolute atomic E-state index is 0.132. The molecule has 30 heavy (non-hydrogen) atoms. The molecular weight excluding hydrogens is 382 g/mol. The molecule has 1 N–H and O–H groups in total. The van der Waals surface area contributed by atoms with E-state index in [0.29, 0.717) is 32.7 Å². The largest absolute Gasteiger partial charge is 0.378 e. The lowest BCUT2D eigenvalue weighted by Crippen LogP contribution is -2.57. The van der Waals surface area contributed by atoms with Crippen LogP contribution in [0.15, 0.2) is 42.5 Å². The molecule has 2 saturated heterocycles. The fourth-order valence-corrected chi connectivity index (χ4v) is 5.45. The van der Waals surface area contributed by atoms with E-state index in [9.17, 15) is 14.4 Å². The number of hydrogen-bond acceptors (Lipinski definition) is 4. The normalized spacial score (nSPS) is 31.1. The van der Waals surface area contributed by atoms with Crippen LogP contribution in [0.25, 0.3) is 0 Å². The summed E-state index contributed by atoms with van der Waals surface area (Å²) in [5.74, 6) is -0.554. The number of benzene rings is 1. The highest BCUT2D eigenvalue weighted by Gasteiger charge is 2.58. The molecule has 5 atom stereocenters. The van der Waals surface area contributed by atoms with E-state index in [1.165, 1.54) is 4.90 Å². The lowest BCUT2D eigenvalue weighted by atomic mass is 9.63. The minimum Gasteiger partial charge on any atom is -0.378 e. The van der Waals surface area contributed by atoms with Crippen LogP contribution in [-0.4, -0.2) is 60.1 Å². The summed E-state index contributed by atoms with van der Waals surface area (Å²) in [5.41, 5.74) is 0.973. The number of nitrogens with zero attached hydrogens (tertiary/aromatic N) is 2. The Hall–Kier alpha value is -2.67.